The van der Waals surface area contributed by atoms with Crippen LogP contribution < -0.4 is 11.1 Å². The molecule has 58 valence electrons. The van der Waals surface area contributed by atoms with Crippen molar-refractivity contribution in [2.24, 2.45) is 5.73 Å². The Bertz CT molecular complexity index is 132. The molecule has 1 aliphatic rings. The monoisotopic (exact) mass is 144 g/mol. The van der Waals surface area contributed by atoms with Crippen LogP contribution in [0.15, 0.2) is 0 Å². The number of nitrogens with one attached hydrogen (secondary N) is 1. The number of nitrogens with two attached hydrogens (primary N) is 1. The van der Waals surface area contributed by atoms with Crippen LogP contribution in [0.3, 0.4) is 0 Å². The standard InChI is InChI=1S/C6H12N2O2/c7-5(6(9)10)4-2-1-3-8-4/h4-5,8H,1-3,7H2,(H,9,10)/t4-,5+/m1/s1. The van der Waals surface area contributed by atoms with E-state index >= 15 is 0 Å². The van der Waals surface area contributed by atoms with Gasteiger partial charge in [-0.3, -0.25) is 4.79 Å². The van der Waals surface area contributed by atoms with Crippen LogP contribution in [-0.2, 0) is 4.79 Å². The van der Waals surface area contributed by atoms with Crippen LogP contribution in [0.4, 0.5) is 0 Å². The molecule has 1 rings (SSSR count). The Morgan fingerprint density at radius 2 is 2.50 bits per heavy atom. The van der Waals surface area contributed by atoms with Crippen molar-refractivity contribution in [1.82, 2.24) is 5.32 Å². The van der Waals surface area contributed by atoms with Gasteiger partial charge in [-0.05, 0) is 19.4 Å². The minimum atomic E-state index is -0.917. The minimum Gasteiger partial charge on any atom is -0.480 e. The summed E-state index contributed by atoms with van der Waals surface area (Å²) in [7, 11) is 0. The Balaban J connectivity index is 2.39. The molecule has 1 heterocycles. The third-order valence-electron chi connectivity index (χ3n) is 1.82. The molecule has 0 amide bonds. The second kappa shape index (κ2) is 2.98. The maximum absolute atomic E-state index is 10.3. The van der Waals surface area contributed by atoms with Gasteiger partial charge in [0.25, 0.3) is 0 Å². The van der Waals surface area contributed by atoms with Gasteiger partial charge in [0.15, 0.2) is 0 Å². The first-order valence-corrected chi connectivity index (χ1v) is 3.43. The first-order chi connectivity index (χ1) is 4.72. The molecule has 0 unspecified atom stereocenters. The predicted molar refractivity (Wildman–Crippen MR) is 36.6 cm³/mol. The van der Waals surface area contributed by atoms with Gasteiger partial charge < -0.3 is 16.2 Å². The topological polar surface area (TPSA) is 75.4 Å². The Labute approximate surface area is 59.4 Å². The third-order valence-corrected chi connectivity index (χ3v) is 1.82. The molecule has 0 aromatic rings. The van der Waals surface area contributed by atoms with Crippen LogP contribution in [0.5, 0.6) is 0 Å². The summed E-state index contributed by atoms with van der Waals surface area (Å²) >= 11 is 0. The van der Waals surface area contributed by atoms with E-state index in [9.17, 15) is 4.79 Å². The van der Waals surface area contributed by atoms with Crippen LogP contribution in [0.2, 0.25) is 0 Å². The first-order valence-electron chi connectivity index (χ1n) is 3.43. The zero-order valence-corrected chi connectivity index (χ0v) is 5.71. The van der Waals surface area contributed by atoms with Crippen molar-refractivity contribution in [3.8, 4) is 0 Å². The second-order valence-corrected chi connectivity index (χ2v) is 2.57. The van der Waals surface area contributed by atoms with Gasteiger partial charge in [-0.15, -0.1) is 0 Å². The van der Waals surface area contributed by atoms with Crippen molar-refractivity contribution in [3.05, 3.63) is 0 Å². The highest BCUT2D eigenvalue weighted by molar-refractivity contribution is 5.74. The van der Waals surface area contributed by atoms with E-state index < -0.39 is 12.0 Å². The molecule has 1 saturated heterocycles. The number of carboxylic acid groups (broad SMARTS) is 1. The van der Waals surface area contributed by atoms with E-state index in [2.05, 4.69) is 5.32 Å². The van der Waals surface area contributed by atoms with Crippen molar-refractivity contribution >= 4 is 5.97 Å². The summed E-state index contributed by atoms with van der Waals surface area (Å²) in [5.74, 6) is -0.917. The molecule has 4 nitrogen and oxygen atoms in total. The van der Waals surface area contributed by atoms with Crippen molar-refractivity contribution in [3.63, 3.8) is 0 Å². The smallest absolute Gasteiger partial charge is 0.322 e. The normalized spacial score (nSPS) is 28.3. The quantitative estimate of drug-likeness (QED) is 0.472. The summed E-state index contributed by atoms with van der Waals surface area (Å²) in [6.07, 6.45) is 1.92. The lowest BCUT2D eigenvalue weighted by Crippen LogP contribution is -2.46. The number of hydrogen-bond acceptors (Lipinski definition) is 3. The molecule has 4 N–H and O–H groups in total. The van der Waals surface area contributed by atoms with Gasteiger partial charge in [0.1, 0.15) is 6.04 Å². The third kappa shape index (κ3) is 1.46. The minimum absolute atomic E-state index is 0.0162. The summed E-state index contributed by atoms with van der Waals surface area (Å²) in [5, 5.41) is 11.5. The van der Waals surface area contributed by atoms with E-state index in [1.807, 2.05) is 0 Å². The number of carbonyl (C=O) groups is 1. The van der Waals surface area contributed by atoms with Gasteiger partial charge >= 0.3 is 5.97 Å². The average Bonchev–Trinajstić information content (AvgIpc) is 2.36. The molecule has 0 radical (unpaired) electrons. The lowest BCUT2D eigenvalue weighted by atomic mass is 10.1. The fraction of sp³-hybridized carbons (Fsp3) is 0.833. The SMILES string of the molecule is N[C@H](C(=O)O)[C@H]1CCCN1. The highest BCUT2D eigenvalue weighted by Gasteiger charge is 2.26. The molecule has 1 aliphatic heterocycles. The van der Waals surface area contributed by atoms with E-state index in [1.165, 1.54) is 0 Å². The van der Waals surface area contributed by atoms with Crippen molar-refractivity contribution < 1.29 is 9.90 Å². The Morgan fingerprint density at radius 3 is 2.90 bits per heavy atom. The maximum Gasteiger partial charge on any atom is 0.322 e. The van der Waals surface area contributed by atoms with Crippen LogP contribution in [0.1, 0.15) is 12.8 Å². The van der Waals surface area contributed by atoms with E-state index in [4.69, 9.17) is 10.8 Å². The van der Waals surface area contributed by atoms with Crippen LogP contribution in [0.25, 0.3) is 0 Å². The number of aliphatic carboxylic acids is 1. The Kier molecular flexibility index (Phi) is 2.24. The van der Waals surface area contributed by atoms with Crippen molar-refractivity contribution in [2.45, 2.75) is 24.9 Å². The van der Waals surface area contributed by atoms with E-state index in [-0.39, 0.29) is 6.04 Å². The summed E-state index contributed by atoms with van der Waals surface area (Å²) in [6, 6.07) is -0.750. The molecule has 0 aromatic carbocycles. The Morgan fingerprint density at radius 1 is 1.80 bits per heavy atom. The van der Waals surface area contributed by atoms with Crippen LogP contribution >= 0.6 is 0 Å². The van der Waals surface area contributed by atoms with Gasteiger partial charge in [-0.2, -0.15) is 0 Å². The molecule has 0 bridgehead atoms. The summed E-state index contributed by atoms with van der Waals surface area (Å²) in [6.45, 7) is 0.894. The first kappa shape index (κ1) is 7.50. The van der Waals surface area contributed by atoms with Crippen LogP contribution in [-0.4, -0.2) is 29.7 Å². The highest BCUT2D eigenvalue weighted by Crippen LogP contribution is 2.07. The van der Waals surface area contributed by atoms with Gasteiger partial charge in [0, 0.05) is 6.04 Å². The molecule has 2 atom stereocenters. The van der Waals surface area contributed by atoms with E-state index in [0.29, 0.717) is 0 Å². The molecule has 0 spiro atoms. The molecule has 1 fully saturated rings. The molecule has 0 aromatic heterocycles. The van der Waals surface area contributed by atoms with Crippen molar-refractivity contribution in [1.29, 1.82) is 0 Å². The highest BCUT2D eigenvalue weighted by atomic mass is 16.4. The summed E-state index contributed by atoms with van der Waals surface area (Å²) in [4.78, 5) is 10.3. The number of hydrogen-bond donors (Lipinski definition) is 3. The van der Waals surface area contributed by atoms with Gasteiger partial charge in [-0.25, -0.2) is 0 Å². The van der Waals surface area contributed by atoms with Crippen LogP contribution in [0, 0.1) is 0 Å². The number of rotatable bonds is 2. The Hall–Kier alpha value is -0.610. The summed E-state index contributed by atoms with van der Waals surface area (Å²) in [5.41, 5.74) is 5.36. The maximum atomic E-state index is 10.3. The fourth-order valence-electron chi connectivity index (χ4n) is 1.19. The van der Waals surface area contributed by atoms with Crippen molar-refractivity contribution in [2.75, 3.05) is 6.54 Å². The fourth-order valence-corrected chi connectivity index (χ4v) is 1.19. The van der Waals surface area contributed by atoms with Gasteiger partial charge in [0.2, 0.25) is 0 Å². The van der Waals surface area contributed by atoms with E-state index in [0.717, 1.165) is 19.4 Å². The number of carboxylic acids is 1. The molecular formula is C6H12N2O2. The average molecular weight is 144 g/mol. The predicted octanol–water partition coefficient (Wildman–Crippen LogP) is -0.850. The van der Waals surface area contributed by atoms with Gasteiger partial charge in [-0.1, -0.05) is 0 Å². The molecular weight excluding hydrogens is 132 g/mol. The van der Waals surface area contributed by atoms with Gasteiger partial charge in [0.05, 0.1) is 0 Å². The molecule has 10 heavy (non-hydrogen) atoms. The van der Waals surface area contributed by atoms with E-state index in [1.54, 1.807) is 0 Å². The molecule has 0 aliphatic carbocycles. The zero-order valence-electron chi connectivity index (χ0n) is 5.71. The lowest BCUT2D eigenvalue weighted by Gasteiger charge is -2.13. The molecule has 0 saturated carbocycles. The summed E-state index contributed by atoms with van der Waals surface area (Å²) < 4.78 is 0. The zero-order chi connectivity index (χ0) is 7.56. The largest absolute Gasteiger partial charge is 0.480 e. The second-order valence-electron chi connectivity index (χ2n) is 2.57. The lowest BCUT2D eigenvalue weighted by molar-refractivity contribution is -0.139. The molecule has 4 heteroatoms.